The fraction of sp³-hybridized carbons (Fsp3) is 1.00. The lowest BCUT2D eigenvalue weighted by molar-refractivity contribution is 0.00684. The SMILES string of the molecule is CC(O)(CO)CNS(=O)(=O)CBr. The molecule has 5 nitrogen and oxygen atoms in total. The molecule has 0 aromatic carbocycles. The van der Waals surface area contributed by atoms with Crippen LogP contribution in [0.4, 0.5) is 0 Å². The third kappa shape index (κ3) is 5.04. The lowest BCUT2D eigenvalue weighted by atomic mass is 10.1. The van der Waals surface area contributed by atoms with E-state index in [-0.39, 0.29) is 11.2 Å². The Morgan fingerprint density at radius 3 is 2.42 bits per heavy atom. The summed E-state index contributed by atoms with van der Waals surface area (Å²) >= 11 is 2.77. The molecule has 0 saturated carbocycles. The zero-order valence-corrected chi connectivity index (χ0v) is 9.02. The number of hydrogen-bond donors (Lipinski definition) is 3. The number of sulfonamides is 1. The van der Waals surface area contributed by atoms with E-state index in [2.05, 4.69) is 20.7 Å². The summed E-state index contributed by atoms with van der Waals surface area (Å²) in [7, 11) is -3.37. The second-order valence-corrected chi connectivity index (χ2v) is 5.81. The molecule has 1 atom stereocenters. The summed E-state index contributed by atoms with van der Waals surface area (Å²) in [6.07, 6.45) is 0. The van der Waals surface area contributed by atoms with Gasteiger partial charge in [0.2, 0.25) is 10.0 Å². The molecule has 0 bridgehead atoms. The highest BCUT2D eigenvalue weighted by Gasteiger charge is 2.21. The summed E-state index contributed by atoms with van der Waals surface area (Å²) in [5.41, 5.74) is -1.41. The average Bonchev–Trinajstić information content (AvgIpc) is 2.02. The van der Waals surface area contributed by atoms with Crippen LogP contribution in [0.5, 0.6) is 0 Å². The number of halogens is 1. The molecule has 74 valence electrons. The Balaban J connectivity index is 4.00. The van der Waals surface area contributed by atoms with Crippen molar-refractivity contribution in [1.82, 2.24) is 4.72 Å². The van der Waals surface area contributed by atoms with Crippen molar-refractivity contribution < 1.29 is 18.6 Å². The second-order valence-electron chi connectivity index (χ2n) is 2.70. The first-order chi connectivity index (χ1) is 5.33. The first kappa shape index (κ1) is 12.3. The molecule has 0 radical (unpaired) electrons. The molecule has 12 heavy (non-hydrogen) atoms. The van der Waals surface area contributed by atoms with E-state index in [9.17, 15) is 13.5 Å². The fourth-order valence-corrected chi connectivity index (χ4v) is 1.45. The van der Waals surface area contributed by atoms with E-state index in [0.717, 1.165) is 0 Å². The van der Waals surface area contributed by atoms with E-state index in [1.165, 1.54) is 6.92 Å². The van der Waals surface area contributed by atoms with Crippen molar-refractivity contribution in [3.05, 3.63) is 0 Å². The van der Waals surface area contributed by atoms with Crippen LogP contribution in [0.15, 0.2) is 0 Å². The summed E-state index contributed by atoms with van der Waals surface area (Å²) in [6, 6.07) is 0. The minimum atomic E-state index is -3.37. The molecule has 1 unspecified atom stereocenters. The molecule has 0 aliphatic carbocycles. The lowest BCUT2D eigenvalue weighted by Gasteiger charge is -2.19. The third-order valence-corrected chi connectivity index (χ3v) is 3.84. The van der Waals surface area contributed by atoms with Gasteiger partial charge in [0, 0.05) is 6.54 Å². The first-order valence-electron chi connectivity index (χ1n) is 3.19. The zero-order chi connectivity index (χ0) is 9.83. The minimum absolute atomic E-state index is 0.197. The Kier molecular flexibility index (Phi) is 4.64. The monoisotopic (exact) mass is 261 g/mol. The molecule has 0 heterocycles. The van der Waals surface area contributed by atoms with Gasteiger partial charge in [0.15, 0.2) is 0 Å². The smallest absolute Gasteiger partial charge is 0.221 e. The number of nitrogens with one attached hydrogen (secondary N) is 1. The number of rotatable bonds is 5. The molecule has 0 fully saturated rings. The Labute approximate surface area is 80.0 Å². The quantitative estimate of drug-likeness (QED) is 0.555. The van der Waals surface area contributed by atoms with Crippen LogP contribution in [0.2, 0.25) is 0 Å². The normalized spacial score (nSPS) is 17.3. The van der Waals surface area contributed by atoms with Crippen molar-refractivity contribution >= 4 is 26.0 Å². The van der Waals surface area contributed by atoms with Crippen LogP contribution >= 0.6 is 15.9 Å². The Bertz CT molecular complexity index is 226. The van der Waals surface area contributed by atoms with Gasteiger partial charge < -0.3 is 10.2 Å². The van der Waals surface area contributed by atoms with Crippen molar-refractivity contribution in [2.24, 2.45) is 0 Å². The van der Waals surface area contributed by atoms with Crippen LogP contribution in [-0.2, 0) is 10.0 Å². The number of hydrogen-bond acceptors (Lipinski definition) is 4. The molecule has 0 saturated heterocycles. The van der Waals surface area contributed by atoms with Crippen molar-refractivity contribution in [3.8, 4) is 0 Å². The maximum absolute atomic E-state index is 10.8. The summed E-state index contributed by atoms with van der Waals surface area (Å²) < 4.78 is 23.5. The van der Waals surface area contributed by atoms with Gasteiger partial charge in [-0.1, -0.05) is 15.9 Å². The zero-order valence-electron chi connectivity index (χ0n) is 6.62. The number of aliphatic hydroxyl groups excluding tert-OH is 1. The van der Waals surface area contributed by atoms with Gasteiger partial charge in [-0.05, 0) is 6.92 Å². The predicted molar refractivity (Wildman–Crippen MR) is 48.4 cm³/mol. The van der Waals surface area contributed by atoms with Crippen LogP contribution in [0.3, 0.4) is 0 Å². The van der Waals surface area contributed by atoms with Crippen molar-refractivity contribution in [1.29, 1.82) is 0 Å². The number of aliphatic hydroxyl groups is 2. The predicted octanol–water partition coefficient (Wildman–Crippen LogP) is -0.998. The number of alkyl halides is 1. The highest BCUT2D eigenvalue weighted by molar-refractivity contribution is 9.10. The van der Waals surface area contributed by atoms with Gasteiger partial charge in [0.05, 0.1) is 12.2 Å². The van der Waals surface area contributed by atoms with E-state index in [1.54, 1.807) is 0 Å². The molecular weight excluding hydrogens is 250 g/mol. The maximum Gasteiger partial charge on any atom is 0.221 e. The first-order valence-corrected chi connectivity index (χ1v) is 5.97. The summed E-state index contributed by atoms with van der Waals surface area (Å²) in [6.45, 7) is 0.652. The molecule has 3 N–H and O–H groups in total. The summed E-state index contributed by atoms with van der Waals surface area (Å²) in [4.78, 5) is 0. The standard InChI is InChI=1S/C5H12BrNO4S/c1-5(9,3-8)2-7-12(10,11)4-6/h7-9H,2-4H2,1H3. The van der Waals surface area contributed by atoms with Gasteiger partial charge in [-0.3, -0.25) is 0 Å². The van der Waals surface area contributed by atoms with Crippen molar-refractivity contribution in [2.45, 2.75) is 12.5 Å². The Morgan fingerprint density at radius 1 is 1.58 bits per heavy atom. The topological polar surface area (TPSA) is 86.6 Å². The van der Waals surface area contributed by atoms with Gasteiger partial charge in [-0.15, -0.1) is 0 Å². The average molecular weight is 262 g/mol. The van der Waals surface area contributed by atoms with Gasteiger partial charge in [0.1, 0.15) is 4.66 Å². The molecule has 0 rings (SSSR count). The maximum atomic E-state index is 10.8. The molecule has 0 aromatic heterocycles. The molecule has 0 aliphatic rings. The van der Waals surface area contributed by atoms with E-state index >= 15 is 0 Å². The van der Waals surface area contributed by atoms with Gasteiger partial charge in [-0.2, -0.15) is 0 Å². The second kappa shape index (κ2) is 4.52. The van der Waals surface area contributed by atoms with E-state index < -0.39 is 22.2 Å². The van der Waals surface area contributed by atoms with E-state index in [4.69, 9.17) is 5.11 Å². The van der Waals surface area contributed by atoms with Crippen LogP contribution < -0.4 is 4.72 Å². The Morgan fingerprint density at radius 2 is 2.08 bits per heavy atom. The fourth-order valence-electron chi connectivity index (χ4n) is 0.360. The van der Waals surface area contributed by atoms with Gasteiger partial charge in [0.25, 0.3) is 0 Å². The van der Waals surface area contributed by atoms with Gasteiger partial charge in [-0.25, -0.2) is 13.1 Å². The van der Waals surface area contributed by atoms with E-state index in [0.29, 0.717) is 0 Å². The molecule has 0 amide bonds. The molecule has 0 aliphatic heterocycles. The van der Waals surface area contributed by atoms with Crippen LogP contribution in [0, 0.1) is 0 Å². The van der Waals surface area contributed by atoms with E-state index in [1.807, 2.05) is 0 Å². The lowest BCUT2D eigenvalue weighted by Crippen LogP contribution is -2.43. The van der Waals surface area contributed by atoms with Crippen molar-refractivity contribution in [3.63, 3.8) is 0 Å². The summed E-state index contributed by atoms with van der Waals surface area (Å²) in [5, 5.41) is 17.8. The van der Waals surface area contributed by atoms with Crippen molar-refractivity contribution in [2.75, 3.05) is 17.8 Å². The minimum Gasteiger partial charge on any atom is -0.393 e. The molecule has 7 heteroatoms. The Hall–Kier alpha value is 0.310. The molecular formula is C5H12BrNO4S. The van der Waals surface area contributed by atoms with Crippen LogP contribution in [0.25, 0.3) is 0 Å². The highest BCUT2D eigenvalue weighted by Crippen LogP contribution is 2.00. The molecule has 0 aromatic rings. The summed E-state index contributed by atoms with van der Waals surface area (Å²) in [5.74, 6) is 0. The third-order valence-electron chi connectivity index (χ3n) is 1.16. The molecule has 0 spiro atoms. The highest BCUT2D eigenvalue weighted by atomic mass is 79.9. The van der Waals surface area contributed by atoms with Gasteiger partial charge >= 0.3 is 0 Å². The van der Waals surface area contributed by atoms with Crippen LogP contribution in [0.1, 0.15) is 6.92 Å². The largest absolute Gasteiger partial charge is 0.393 e. The van der Waals surface area contributed by atoms with Crippen LogP contribution in [-0.4, -0.2) is 42.0 Å².